The lowest BCUT2D eigenvalue weighted by Crippen LogP contribution is -2.18. The summed E-state index contributed by atoms with van der Waals surface area (Å²) < 4.78 is 2.90. The first-order valence-electron chi connectivity index (χ1n) is 16.6. The van der Waals surface area contributed by atoms with Crippen molar-refractivity contribution in [2.24, 2.45) is 23.7 Å². The van der Waals surface area contributed by atoms with Gasteiger partial charge in [-0.25, -0.2) is 0 Å². The van der Waals surface area contributed by atoms with Crippen molar-refractivity contribution in [2.45, 2.75) is 109 Å². The minimum absolute atomic E-state index is 0.118. The standard InChI is InChI=1S/C42H59I/c1-13-27(3)22-39(28(4)14-2)37(40-24-33(9)29(5)18-19-30(40)6)16-15-17-38(41-25-34(10)32(8)23-35(41)11)42-26-36(12)43-21-20-31(42)7/h13-14,18-20,22-24,26,29,34,37-38H,15-17,21,25H2,1-12H3/b27-13+,28-14-,39-22+. The van der Waals surface area contributed by atoms with E-state index in [-0.39, 0.29) is 20.7 Å². The molecule has 0 spiro atoms. The van der Waals surface area contributed by atoms with Crippen molar-refractivity contribution in [1.82, 2.24) is 0 Å². The van der Waals surface area contributed by atoms with Crippen LogP contribution in [0.4, 0.5) is 0 Å². The second kappa shape index (κ2) is 16.4. The zero-order valence-corrected chi connectivity index (χ0v) is 31.6. The summed E-state index contributed by atoms with van der Waals surface area (Å²) in [6.07, 6.45) is 26.7. The van der Waals surface area contributed by atoms with Gasteiger partial charge < -0.3 is 0 Å². The fraction of sp³-hybridized carbons (Fsp3) is 0.500. The van der Waals surface area contributed by atoms with Gasteiger partial charge in [0.15, 0.2) is 0 Å². The number of rotatable bonds is 10. The predicted octanol–water partition coefficient (Wildman–Crippen LogP) is 13.1. The summed E-state index contributed by atoms with van der Waals surface area (Å²) in [5.74, 6) is 1.97. The normalized spacial score (nSPS) is 24.3. The maximum Gasteiger partial charge on any atom is 0.0136 e. The molecule has 1 heterocycles. The summed E-state index contributed by atoms with van der Waals surface area (Å²) in [5, 5.41) is 0. The molecule has 0 saturated heterocycles. The summed E-state index contributed by atoms with van der Waals surface area (Å²) in [6, 6.07) is 0. The van der Waals surface area contributed by atoms with Gasteiger partial charge in [0, 0.05) is 16.3 Å². The highest BCUT2D eigenvalue weighted by molar-refractivity contribution is 14.2. The van der Waals surface area contributed by atoms with Crippen LogP contribution < -0.4 is 0 Å². The van der Waals surface area contributed by atoms with Crippen LogP contribution in [0.15, 0.2) is 116 Å². The van der Waals surface area contributed by atoms with E-state index < -0.39 is 0 Å². The summed E-state index contributed by atoms with van der Waals surface area (Å²) in [4.78, 5) is 0. The van der Waals surface area contributed by atoms with E-state index in [9.17, 15) is 0 Å². The number of alkyl halides is 1. The third kappa shape index (κ3) is 9.25. The molecule has 3 rings (SSSR count). The average molecular weight is 691 g/mol. The largest absolute Gasteiger partial charge is 0.115 e. The van der Waals surface area contributed by atoms with Gasteiger partial charge in [-0.1, -0.05) is 108 Å². The highest BCUT2D eigenvalue weighted by Gasteiger charge is 2.28. The van der Waals surface area contributed by atoms with E-state index in [1.165, 1.54) is 73.8 Å². The monoisotopic (exact) mass is 690 g/mol. The molecule has 234 valence electrons. The van der Waals surface area contributed by atoms with Crippen molar-refractivity contribution in [1.29, 1.82) is 0 Å². The first-order valence-corrected chi connectivity index (χ1v) is 19.2. The van der Waals surface area contributed by atoms with Crippen LogP contribution in [0.2, 0.25) is 0 Å². The van der Waals surface area contributed by atoms with Crippen LogP contribution in [0.1, 0.15) is 109 Å². The fourth-order valence-electron chi connectivity index (χ4n) is 6.69. The minimum Gasteiger partial charge on any atom is -0.115 e. The number of hydrogen-bond acceptors (Lipinski definition) is 0. The molecule has 0 aromatic heterocycles. The molecule has 0 radical (unpaired) electrons. The topological polar surface area (TPSA) is 0 Å². The van der Waals surface area contributed by atoms with E-state index in [1.54, 1.807) is 14.7 Å². The molecule has 0 aromatic carbocycles. The second-order valence-electron chi connectivity index (χ2n) is 13.4. The predicted molar refractivity (Wildman–Crippen MR) is 204 cm³/mol. The van der Waals surface area contributed by atoms with Gasteiger partial charge in [-0.3, -0.25) is 0 Å². The zero-order valence-electron chi connectivity index (χ0n) is 29.4. The lowest BCUT2D eigenvalue weighted by atomic mass is 9.73. The van der Waals surface area contributed by atoms with E-state index in [0.29, 0.717) is 23.7 Å². The second-order valence-corrected chi connectivity index (χ2v) is 16.7. The average Bonchev–Trinajstić information content (AvgIpc) is 3.22. The molecule has 4 atom stereocenters. The maximum absolute atomic E-state index is 2.60. The van der Waals surface area contributed by atoms with Crippen LogP contribution in [-0.2, 0) is 0 Å². The quantitative estimate of drug-likeness (QED) is 0.122. The molecule has 0 amide bonds. The van der Waals surface area contributed by atoms with Gasteiger partial charge in [0.2, 0.25) is 0 Å². The summed E-state index contributed by atoms with van der Waals surface area (Å²) >= 11 is 0.118. The van der Waals surface area contributed by atoms with E-state index in [4.69, 9.17) is 0 Å². The van der Waals surface area contributed by atoms with Crippen molar-refractivity contribution >= 4 is 24.2 Å². The van der Waals surface area contributed by atoms with Crippen LogP contribution in [0, 0.1) is 23.7 Å². The molecule has 0 N–H and O–H groups in total. The Balaban J connectivity index is 2.10. The smallest absolute Gasteiger partial charge is 0.0136 e. The molecule has 0 aromatic rings. The molecular weight excluding hydrogens is 631 g/mol. The van der Waals surface area contributed by atoms with Crippen molar-refractivity contribution in [3.63, 3.8) is 0 Å². The summed E-state index contributed by atoms with van der Waals surface area (Å²) in [5.41, 5.74) is 16.5. The fourth-order valence-corrected chi connectivity index (χ4v) is 8.82. The van der Waals surface area contributed by atoms with E-state index >= 15 is 0 Å². The first-order chi connectivity index (χ1) is 20.4. The van der Waals surface area contributed by atoms with Gasteiger partial charge in [0.25, 0.3) is 0 Å². The van der Waals surface area contributed by atoms with E-state index in [1.807, 2.05) is 0 Å². The molecular formula is C42H59I. The van der Waals surface area contributed by atoms with Crippen molar-refractivity contribution in [3.8, 4) is 0 Å². The van der Waals surface area contributed by atoms with Crippen LogP contribution in [0.25, 0.3) is 0 Å². The zero-order chi connectivity index (χ0) is 31.8. The molecule has 4 unspecified atom stereocenters. The minimum atomic E-state index is 0.118. The Morgan fingerprint density at radius 2 is 1.63 bits per heavy atom. The molecule has 0 bridgehead atoms. The van der Waals surface area contributed by atoms with Crippen LogP contribution in [-0.4, -0.2) is 7.94 Å². The Morgan fingerprint density at radius 3 is 2.30 bits per heavy atom. The summed E-state index contributed by atoms with van der Waals surface area (Å²) in [7, 11) is 0. The molecule has 0 saturated carbocycles. The third-order valence-electron chi connectivity index (χ3n) is 10.2. The first kappa shape index (κ1) is 35.5. The van der Waals surface area contributed by atoms with E-state index in [2.05, 4.69) is 138 Å². The number of halogens is 1. The van der Waals surface area contributed by atoms with Crippen molar-refractivity contribution in [3.05, 3.63) is 116 Å². The molecule has 3 aliphatic rings. The van der Waals surface area contributed by atoms with Crippen LogP contribution >= 0.6 is 20.7 Å². The lowest BCUT2D eigenvalue weighted by Gasteiger charge is -2.32. The number of allylic oxidation sites excluding steroid dienone is 20. The molecule has 43 heavy (non-hydrogen) atoms. The number of hydrogen-bond donors (Lipinski definition) is 0. The Labute approximate surface area is 275 Å². The molecule has 1 heteroatoms. The Bertz CT molecular complexity index is 1400. The SMILES string of the molecule is C\C=C(C)/C(=C\C(C)=C\C)C(CCCC(C1=CC(C)=ICC=C1C)C1=C(C)C=C(C)C(C)C1)C1=C(C)C=CC(C)C(C)=C1. The van der Waals surface area contributed by atoms with Gasteiger partial charge in [0.05, 0.1) is 0 Å². The molecule has 0 fully saturated rings. The summed E-state index contributed by atoms with van der Waals surface area (Å²) in [6.45, 7) is 27.8. The van der Waals surface area contributed by atoms with Crippen LogP contribution in [0.5, 0.6) is 0 Å². The highest BCUT2D eigenvalue weighted by atomic mass is 127. The van der Waals surface area contributed by atoms with Gasteiger partial charge in [-0.05, 0) is 132 Å². The Morgan fingerprint density at radius 1 is 0.907 bits per heavy atom. The highest BCUT2D eigenvalue weighted by Crippen LogP contribution is 2.43. The van der Waals surface area contributed by atoms with Gasteiger partial charge in [-0.2, -0.15) is 0 Å². The molecule has 0 nitrogen and oxygen atoms in total. The van der Waals surface area contributed by atoms with Gasteiger partial charge >= 0.3 is 0 Å². The maximum atomic E-state index is 2.60. The Hall–Kier alpha value is -2.00. The van der Waals surface area contributed by atoms with Crippen LogP contribution in [0.3, 0.4) is 0 Å². The van der Waals surface area contributed by atoms with Crippen molar-refractivity contribution < 1.29 is 0 Å². The lowest BCUT2D eigenvalue weighted by molar-refractivity contribution is 0.504. The van der Waals surface area contributed by atoms with E-state index in [0.717, 1.165) is 6.42 Å². The van der Waals surface area contributed by atoms with Gasteiger partial charge in [-0.15, -0.1) is 20.7 Å². The third-order valence-corrected chi connectivity index (χ3v) is 12.6. The molecule has 1 aliphatic heterocycles. The Kier molecular flexibility index (Phi) is 13.5. The van der Waals surface area contributed by atoms with Crippen molar-refractivity contribution in [2.75, 3.05) is 4.43 Å². The van der Waals surface area contributed by atoms with Gasteiger partial charge in [0.1, 0.15) is 0 Å². The molecule has 2 aliphatic carbocycles.